The first kappa shape index (κ1) is 12.7. The standard InChI is InChI=1S/C14H26N2O/c1-5-13(10(2)3)11-8-12(9-11)16-7-6-15(4)14(16)17/h10-13H,5-9H2,1-4H3. The monoisotopic (exact) mass is 238 g/mol. The lowest BCUT2D eigenvalue weighted by atomic mass is 9.67. The number of urea groups is 1. The van der Waals surface area contributed by atoms with Crippen molar-refractivity contribution in [2.75, 3.05) is 20.1 Å². The van der Waals surface area contributed by atoms with E-state index in [9.17, 15) is 4.79 Å². The van der Waals surface area contributed by atoms with Gasteiger partial charge in [0, 0.05) is 26.2 Å². The van der Waals surface area contributed by atoms with Crippen LogP contribution in [0, 0.1) is 17.8 Å². The lowest BCUT2D eigenvalue weighted by molar-refractivity contribution is 0.0593. The van der Waals surface area contributed by atoms with Crippen LogP contribution in [0.4, 0.5) is 4.79 Å². The van der Waals surface area contributed by atoms with Crippen molar-refractivity contribution < 1.29 is 4.79 Å². The summed E-state index contributed by atoms with van der Waals surface area (Å²) in [6.45, 7) is 8.80. The quantitative estimate of drug-likeness (QED) is 0.739. The summed E-state index contributed by atoms with van der Waals surface area (Å²) in [6.07, 6.45) is 3.75. The zero-order valence-corrected chi connectivity index (χ0v) is 11.6. The molecule has 1 atom stereocenters. The number of hydrogen-bond acceptors (Lipinski definition) is 1. The average Bonchev–Trinajstić information content (AvgIpc) is 2.53. The molecule has 98 valence electrons. The second-order valence-corrected chi connectivity index (χ2v) is 6.10. The summed E-state index contributed by atoms with van der Waals surface area (Å²) in [5.74, 6) is 2.48. The molecule has 2 aliphatic rings. The Hall–Kier alpha value is -0.730. The van der Waals surface area contributed by atoms with E-state index < -0.39 is 0 Å². The van der Waals surface area contributed by atoms with Crippen LogP contribution in [0.25, 0.3) is 0 Å². The minimum atomic E-state index is 0.242. The Morgan fingerprint density at radius 3 is 2.35 bits per heavy atom. The van der Waals surface area contributed by atoms with Crippen LogP contribution in [0.2, 0.25) is 0 Å². The fourth-order valence-corrected chi connectivity index (χ4v) is 3.59. The van der Waals surface area contributed by atoms with E-state index >= 15 is 0 Å². The molecule has 1 aliphatic heterocycles. The molecule has 1 saturated heterocycles. The predicted molar refractivity (Wildman–Crippen MR) is 69.9 cm³/mol. The van der Waals surface area contributed by atoms with Crippen LogP contribution in [-0.4, -0.2) is 42.0 Å². The van der Waals surface area contributed by atoms with E-state index in [4.69, 9.17) is 0 Å². The van der Waals surface area contributed by atoms with Crippen molar-refractivity contribution in [1.29, 1.82) is 0 Å². The Labute approximate surface area is 105 Å². The third-order valence-electron chi connectivity index (χ3n) is 4.77. The van der Waals surface area contributed by atoms with Crippen LogP contribution in [0.5, 0.6) is 0 Å². The Bertz CT molecular complexity index is 284. The van der Waals surface area contributed by atoms with Crippen LogP contribution >= 0.6 is 0 Å². The van der Waals surface area contributed by atoms with Crippen molar-refractivity contribution in [2.45, 2.75) is 46.1 Å². The molecule has 0 radical (unpaired) electrons. The number of amides is 2. The lowest BCUT2D eigenvalue weighted by Gasteiger charge is -2.45. The third-order valence-corrected chi connectivity index (χ3v) is 4.77. The van der Waals surface area contributed by atoms with Gasteiger partial charge in [-0.3, -0.25) is 0 Å². The second kappa shape index (κ2) is 4.87. The maximum absolute atomic E-state index is 11.9. The van der Waals surface area contributed by atoms with Gasteiger partial charge in [-0.1, -0.05) is 27.2 Å². The van der Waals surface area contributed by atoms with Gasteiger partial charge in [0.25, 0.3) is 0 Å². The highest BCUT2D eigenvalue weighted by Crippen LogP contribution is 2.42. The number of carbonyl (C=O) groups excluding carboxylic acids is 1. The van der Waals surface area contributed by atoms with Gasteiger partial charge < -0.3 is 9.80 Å². The van der Waals surface area contributed by atoms with Gasteiger partial charge in [0.1, 0.15) is 0 Å². The second-order valence-electron chi connectivity index (χ2n) is 6.10. The fourth-order valence-electron chi connectivity index (χ4n) is 3.59. The minimum Gasteiger partial charge on any atom is -0.326 e. The molecular formula is C14H26N2O. The smallest absolute Gasteiger partial charge is 0.320 e. The Morgan fingerprint density at radius 1 is 1.29 bits per heavy atom. The molecule has 1 unspecified atom stereocenters. The van der Waals surface area contributed by atoms with Crippen LogP contribution in [0.1, 0.15) is 40.0 Å². The van der Waals surface area contributed by atoms with Gasteiger partial charge >= 0.3 is 6.03 Å². The summed E-state index contributed by atoms with van der Waals surface area (Å²) in [6, 6.07) is 0.774. The van der Waals surface area contributed by atoms with Gasteiger partial charge in [-0.25, -0.2) is 4.79 Å². The Kier molecular flexibility index (Phi) is 3.64. The molecule has 1 aliphatic carbocycles. The van der Waals surface area contributed by atoms with Crippen LogP contribution in [0.3, 0.4) is 0 Å². The molecule has 0 aromatic heterocycles. The van der Waals surface area contributed by atoms with Crippen molar-refractivity contribution in [3.05, 3.63) is 0 Å². The van der Waals surface area contributed by atoms with Gasteiger partial charge in [-0.2, -0.15) is 0 Å². The van der Waals surface area contributed by atoms with Gasteiger partial charge in [0.15, 0.2) is 0 Å². The van der Waals surface area contributed by atoms with Crippen molar-refractivity contribution in [3.8, 4) is 0 Å². The van der Waals surface area contributed by atoms with Gasteiger partial charge in [-0.15, -0.1) is 0 Å². The Morgan fingerprint density at radius 2 is 1.94 bits per heavy atom. The normalized spacial score (nSPS) is 31.0. The van der Waals surface area contributed by atoms with E-state index in [0.717, 1.165) is 30.8 Å². The highest BCUT2D eigenvalue weighted by Gasteiger charge is 2.42. The number of likely N-dealkylation sites (N-methyl/N-ethyl adjacent to an activating group) is 1. The molecule has 2 rings (SSSR count). The SMILES string of the molecule is CCC(C(C)C)C1CC(N2CCN(C)C2=O)C1. The molecule has 17 heavy (non-hydrogen) atoms. The van der Waals surface area contributed by atoms with Crippen molar-refractivity contribution in [1.82, 2.24) is 9.80 Å². The van der Waals surface area contributed by atoms with Crippen molar-refractivity contribution in [3.63, 3.8) is 0 Å². The molecule has 0 bridgehead atoms. The van der Waals surface area contributed by atoms with Gasteiger partial charge in [0.05, 0.1) is 0 Å². The first-order valence-corrected chi connectivity index (χ1v) is 7.06. The molecule has 1 heterocycles. The van der Waals surface area contributed by atoms with E-state index in [1.54, 1.807) is 0 Å². The summed E-state index contributed by atoms with van der Waals surface area (Å²) in [5.41, 5.74) is 0. The van der Waals surface area contributed by atoms with E-state index in [2.05, 4.69) is 25.7 Å². The minimum absolute atomic E-state index is 0.242. The highest BCUT2D eigenvalue weighted by atomic mass is 16.2. The number of nitrogens with zero attached hydrogens (tertiary/aromatic N) is 2. The first-order valence-electron chi connectivity index (χ1n) is 7.06. The van der Waals surface area contributed by atoms with E-state index in [1.165, 1.54) is 19.3 Å². The maximum atomic E-state index is 11.9. The molecule has 2 fully saturated rings. The van der Waals surface area contributed by atoms with Crippen molar-refractivity contribution >= 4 is 6.03 Å². The average molecular weight is 238 g/mol. The topological polar surface area (TPSA) is 23.6 Å². The molecule has 0 N–H and O–H groups in total. The number of carbonyl (C=O) groups is 1. The highest BCUT2D eigenvalue weighted by molar-refractivity contribution is 5.76. The van der Waals surface area contributed by atoms with E-state index in [0.29, 0.717) is 6.04 Å². The molecule has 3 heteroatoms. The molecule has 1 saturated carbocycles. The first-order chi connectivity index (χ1) is 8.04. The zero-order chi connectivity index (χ0) is 12.6. The van der Waals surface area contributed by atoms with Crippen LogP contribution in [-0.2, 0) is 0 Å². The Balaban J connectivity index is 1.84. The van der Waals surface area contributed by atoms with E-state index in [-0.39, 0.29) is 6.03 Å². The largest absolute Gasteiger partial charge is 0.326 e. The van der Waals surface area contributed by atoms with Crippen LogP contribution < -0.4 is 0 Å². The number of hydrogen-bond donors (Lipinski definition) is 0. The van der Waals surface area contributed by atoms with Gasteiger partial charge in [-0.05, 0) is 30.6 Å². The summed E-state index contributed by atoms with van der Waals surface area (Å²) in [5, 5.41) is 0. The molecule has 0 aromatic carbocycles. The number of rotatable bonds is 4. The summed E-state index contributed by atoms with van der Waals surface area (Å²) in [7, 11) is 1.90. The molecule has 0 aromatic rings. The molecule has 3 nitrogen and oxygen atoms in total. The summed E-state index contributed by atoms with van der Waals surface area (Å²) in [4.78, 5) is 15.8. The third kappa shape index (κ3) is 2.29. The lowest BCUT2D eigenvalue weighted by Crippen LogP contribution is -2.48. The summed E-state index contributed by atoms with van der Waals surface area (Å²) < 4.78 is 0. The summed E-state index contributed by atoms with van der Waals surface area (Å²) >= 11 is 0. The van der Waals surface area contributed by atoms with Crippen LogP contribution in [0.15, 0.2) is 0 Å². The molecule has 2 amide bonds. The zero-order valence-electron chi connectivity index (χ0n) is 11.6. The van der Waals surface area contributed by atoms with E-state index in [1.807, 2.05) is 11.9 Å². The molecule has 0 spiro atoms. The maximum Gasteiger partial charge on any atom is 0.320 e. The molecular weight excluding hydrogens is 212 g/mol. The van der Waals surface area contributed by atoms with Crippen molar-refractivity contribution in [2.24, 2.45) is 17.8 Å². The predicted octanol–water partition coefficient (Wildman–Crippen LogP) is 2.81. The van der Waals surface area contributed by atoms with Gasteiger partial charge in [0.2, 0.25) is 0 Å². The fraction of sp³-hybridized carbons (Fsp3) is 0.929.